The molecule has 232 valence electrons. The number of nitrogens with one attached hydrogen (secondary N) is 2. The van der Waals surface area contributed by atoms with E-state index in [1.165, 1.54) is 12.1 Å². The first-order chi connectivity index (χ1) is 22.6. The first-order valence-electron chi connectivity index (χ1n) is 15.5. The summed E-state index contributed by atoms with van der Waals surface area (Å²) in [5, 5.41) is 5.48. The smallest absolute Gasteiger partial charge is 0.283 e. The molecule has 0 radical (unpaired) electrons. The Labute approximate surface area is 264 Å². The number of rotatable bonds is 9. The first-order valence-corrected chi connectivity index (χ1v) is 14.0. The van der Waals surface area contributed by atoms with Crippen molar-refractivity contribution in [3.8, 4) is 40.0 Å². The molecule has 2 aromatic heterocycles. The molecule has 4 N–H and O–H groups in total. The highest BCUT2D eigenvalue weighted by Crippen LogP contribution is 2.44. The summed E-state index contributed by atoms with van der Waals surface area (Å²) in [6, 6.07) is 11.1. The Morgan fingerprint density at radius 1 is 1.22 bits per heavy atom. The molecule has 45 heavy (non-hydrogen) atoms. The number of methoxy groups -OCH3 is 1. The third-order valence-electron chi connectivity index (χ3n) is 7.50. The Kier molecular flexibility index (Phi) is 7.55. The topological polar surface area (TPSA) is 115 Å². The van der Waals surface area contributed by atoms with Crippen molar-refractivity contribution in [1.29, 1.82) is 0 Å². The maximum atomic E-state index is 14.3. The molecule has 0 saturated heterocycles. The van der Waals surface area contributed by atoms with Crippen LogP contribution in [0.4, 0.5) is 20.3 Å². The highest BCUT2D eigenvalue weighted by atomic mass is 19.1. The summed E-state index contributed by atoms with van der Waals surface area (Å²) in [6.07, 6.45) is 2.25. The van der Waals surface area contributed by atoms with Gasteiger partial charge in [0.2, 0.25) is 0 Å². The number of nitrogens with two attached hydrogens (primary N) is 1. The van der Waals surface area contributed by atoms with Crippen molar-refractivity contribution in [2.24, 2.45) is 7.05 Å². The summed E-state index contributed by atoms with van der Waals surface area (Å²) < 4.78 is 58.1. The van der Waals surface area contributed by atoms with Crippen LogP contribution in [0.25, 0.3) is 33.3 Å². The third kappa shape index (κ3) is 6.51. The average Bonchev–Trinajstić information content (AvgIpc) is 3.67. The van der Waals surface area contributed by atoms with Gasteiger partial charge in [-0.3, -0.25) is 14.5 Å². The van der Waals surface area contributed by atoms with Gasteiger partial charge in [0.15, 0.2) is 5.83 Å². The molecule has 2 aromatic carbocycles. The van der Waals surface area contributed by atoms with Crippen molar-refractivity contribution in [3.63, 3.8) is 0 Å². The number of benzene rings is 2. The maximum Gasteiger partial charge on any atom is 0.283 e. The number of pyridine rings is 1. The lowest BCUT2D eigenvalue weighted by Crippen LogP contribution is -2.31. The van der Waals surface area contributed by atoms with Gasteiger partial charge in [-0.05, 0) is 62.3 Å². The van der Waals surface area contributed by atoms with E-state index < -0.39 is 30.3 Å². The molecule has 0 atom stereocenters. The SMILES string of the molecule is [2H]C([2H])([2H])Oc1cc(-c2c(-c3ccc(NC(=O)C(=C)F)cc3)n(C)c3c(C#CCN(C)C)cnc(N)c23)ccc1C(=O)NCC1(F)CC1. The van der Waals surface area contributed by atoms with E-state index in [-0.39, 0.29) is 23.7 Å². The number of aryl methyl sites for hydroxylation is 1. The molecule has 0 unspecified atom stereocenters. The number of amides is 2. The Bertz CT molecular complexity index is 1990. The molecule has 11 heteroatoms. The zero-order chi connectivity index (χ0) is 35.0. The van der Waals surface area contributed by atoms with Gasteiger partial charge in [0.25, 0.3) is 11.8 Å². The average molecular weight is 616 g/mol. The largest absolute Gasteiger partial charge is 0.496 e. The zero-order valence-corrected chi connectivity index (χ0v) is 25.1. The lowest BCUT2D eigenvalue weighted by Gasteiger charge is -2.14. The van der Waals surface area contributed by atoms with Gasteiger partial charge >= 0.3 is 0 Å². The van der Waals surface area contributed by atoms with Crippen LogP contribution in [0.5, 0.6) is 5.75 Å². The molecule has 0 bridgehead atoms. The van der Waals surface area contributed by atoms with Gasteiger partial charge in [0, 0.05) is 24.5 Å². The second kappa shape index (κ2) is 12.4. The standard InChI is InChI=1S/C34H34F2N6O3/c1-20(35)32(43)40-24-11-8-21(9-12-24)29-27(28-30(42(29)4)23(18-38-31(28)37)7-6-16-41(2)3)22-10-13-25(26(17-22)45-5)33(44)39-19-34(36)14-15-34/h8-13,17-18H,1,14-16,19H2,2-5H3,(H2,37,38)(H,39,44)(H,40,43)/i5D3. The van der Waals surface area contributed by atoms with Gasteiger partial charge in [-0.25, -0.2) is 13.8 Å². The number of halogens is 2. The predicted molar refractivity (Wildman–Crippen MR) is 172 cm³/mol. The summed E-state index contributed by atoms with van der Waals surface area (Å²) in [6.45, 7) is 3.29. The molecule has 0 aliphatic heterocycles. The van der Waals surface area contributed by atoms with Crippen LogP contribution in [-0.2, 0) is 11.8 Å². The van der Waals surface area contributed by atoms with Crippen LogP contribution in [0.15, 0.2) is 61.1 Å². The van der Waals surface area contributed by atoms with E-state index in [1.54, 1.807) is 36.5 Å². The number of anilines is 2. The van der Waals surface area contributed by atoms with Crippen molar-refractivity contribution < 1.29 is 27.2 Å². The molecule has 1 aliphatic rings. The van der Waals surface area contributed by atoms with Crippen molar-refractivity contribution in [3.05, 3.63) is 72.2 Å². The van der Waals surface area contributed by atoms with Crippen LogP contribution in [0.2, 0.25) is 0 Å². The number of ether oxygens (including phenoxy) is 1. The van der Waals surface area contributed by atoms with Crippen molar-refractivity contribution >= 4 is 34.2 Å². The molecule has 4 aromatic rings. The van der Waals surface area contributed by atoms with Crippen LogP contribution in [0.1, 0.15) is 32.9 Å². The van der Waals surface area contributed by atoms with E-state index in [2.05, 4.69) is 34.0 Å². The van der Waals surface area contributed by atoms with E-state index >= 15 is 0 Å². The number of carbonyl (C=O) groups excluding carboxylic acids is 2. The fourth-order valence-electron chi connectivity index (χ4n) is 5.02. The third-order valence-corrected chi connectivity index (χ3v) is 7.50. The predicted octanol–water partition coefficient (Wildman–Crippen LogP) is 5.06. The van der Waals surface area contributed by atoms with Gasteiger partial charge < -0.3 is 25.7 Å². The minimum Gasteiger partial charge on any atom is -0.496 e. The highest BCUT2D eigenvalue weighted by molar-refractivity contribution is 6.11. The van der Waals surface area contributed by atoms with Crippen LogP contribution in [0, 0.1) is 11.8 Å². The molecule has 1 saturated carbocycles. The number of hydrogen-bond donors (Lipinski definition) is 3. The van der Waals surface area contributed by atoms with Crippen molar-refractivity contribution in [2.45, 2.75) is 18.5 Å². The monoisotopic (exact) mass is 615 g/mol. The fourth-order valence-corrected chi connectivity index (χ4v) is 5.02. The summed E-state index contributed by atoms with van der Waals surface area (Å²) in [5.41, 5.74) is 8.74. The quantitative estimate of drug-likeness (QED) is 0.179. The zero-order valence-electron chi connectivity index (χ0n) is 28.1. The van der Waals surface area contributed by atoms with E-state index in [9.17, 15) is 18.4 Å². The minimum absolute atomic E-state index is 0.0863. The number of aromatic nitrogens is 2. The maximum absolute atomic E-state index is 14.3. The van der Waals surface area contributed by atoms with Gasteiger partial charge in [-0.1, -0.05) is 36.6 Å². The van der Waals surface area contributed by atoms with Crippen LogP contribution >= 0.6 is 0 Å². The van der Waals surface area contributed by atoms with Crippen molar-refractivity contribution in [1.82, 2.24) is 19.8 Å². The minimum atomic E-state index is -2.91. The molecule has 1 aliphatic carbocycles. The summed E-state index contributed by atoms with van der Waals surface area (Å²) >= 11 is 0. The number of hydrogen-bond acceptors (Lipinski definition) is 6. The molecule has 9 nitrogen and oxygen atoms in total. The lowest BCUT2D eigenvalue weighted by atomic mass is 9.96. The second-order valence-electron chi connectivity index (χ2n) is 11.2. The second-order valence-corrected chi connectivity index (χ2v) is 11.2. The molecule has 2 amide bonds. The van der Waals surface area contributed by atoms with Crippen LogP contribution in [0.3, 0.4) is 0 Å². The summed E-state index contributed by atoms with van der Waals surface area (Å²) in [4.78, 5) is 31.3. The van der Waals surface area contributed by atoms with Crippen molar-refractivity contribution in [2.75, 3.05) is 45.3 Å². The Morgan fingerprint density at radius 2 is 1.93 bits per heavy atom. The molecule has 2 heterocycles. The number of nitrogens with zero attached hydrogens (tertiary/aromatic N) is 3. The first kappa shape index (κ1) is 27.3. The molecule has 0 spiro atoms. The Hall–Kier alpha value is -5.21. The van der Waals surface area contributed by atoms with E-state index in [4.69, 9.17) is 14.6 Å². The number of carbonyl (C=O) groups is 2. The molecule has 1 fully saturated rings. The van der Waals surface area contributed by atoms with E-state index in [1.807, 2.05) is 30.6 Å². The Morgan fingerprint density at radius 3 is 2.58 bits per heavy atom. The molecular formula is C34H34F2N6O3. The number of nitrogen functional groups attached to an aromatic ring is 1. The Balaban J connectivity index is 1.72. The summed E-state index contributed by atoms with van der Waals surface area (Å²) in [7, 11) is 2.69. The number of alkyl halides is 1. The normalized spacial score (nSPS) is 14.5. The van der Waals surface area contributed by atoms with Gasteiger partial charge in [-0.2, -0.15) is 0 Å². The highest BCUT2D eigenvalue weighted by Gasteiger charge is 2.43. The summed E-state index contributed by atoms with van der Waals surface area (Å²) in [5.74, 6) is 3.42. The van der Waals surface area contributed by atoms with Gasteiger partial charge in [0.05, 0.1) is 52.0 Å². The van der Waals surface area contributed by atoms with E-state index in [0.717, 1.165) is 0 Å². The number of fused-ring (bicyclic) bond motifs is 1. The van der Waals surface area contributed by atoms with E-state index in [0.29, 0.717) is 63.9 Å². The van der Waals surface area contributed by atoms with Gasteiger partial charge in [0.1, 0.15) is 17.2 Å². The van der Waals surface area contributed by atoms with Crippen LogP contribution < -0.4 is 21.1 Å². The lowest BCUT2D eigenvalue weighted by molar-refractivity contribution is -0.114. The fraction of sp³-hybridized carbons (Fsp3) is 0.265. The molecular weight excluding hydrogens is 578 g/mol. The van der Waals surface area contributed by atoms with Crippen LogP contribution in [-0.4, -0.2) is 66.2 Å². The van der Waals surface area contributed by atoms with Gasteiger partial charge in [-0.15, -0.1) is 0 Å². The molecule has 5 rings (SSSR count).